The molecule has 12 heteroatoms. The van der Waals surface area contributed by atoms with Crippen LogP contribution in [0.5, 0.6) is 5.75 Å². The summed E-state index contributed by atoms with van der Waals surface area (Å²) in [6.45, 7) is 10.6. The molecule has 5 atom stereocenters. The van der Waals surface area contributed by atoms with E-state index in [1.54, 1.807) is 21.1 Å². The summed E-state index contributed by atoms with van der Waals surface area (Å²) < 4.78 is 36.2. The minimum absolute atomic E-state index is 0.110. The molecule has 1 fully saturated rings. The molecule has 1 aliphatic rings. The molecular weight excluding hydrogens is 691 g/mol. The smallest absolute Gasteiger partial charge is 0.330 e. The van der Waals surface area contributed by atoms with Crippen LogP contribution in [-0.4, -0.2) is 72.1 Å². The van der Waals surface area contributed by atoms with Crippen molar-refractivity contribution in [2.24, 2.45) is 5.92 Å². The summed E-state index contributed by atoms with van der Waals surface area (Å²) >= 11 is 0. The first kappa shape index (κ1) is 40.1. The van der Waals surface area contributed by atoms with Crippen LogP contribution >= 0.6 is 8.30 Å². The maximum absolute atomic E-state index is 13.3. The summed E-state index contributed by atoms with van der Waals surface area (Å²) in [5, 5.41) is 9.37. The van der Waals surface area contributed by atoms with E-state index in [1.165, 1.54) is 10.8 Å². The van der Waals surface area contributed by atoms with Gasteiger partial charge in [0.2, 0.25) is 0 Å². The zero-order chi connectivity index (χ0) is 38.1. The predicted molar refractivity (Wildman–Crippen MR) is 206 cm³/mol. The first-order chi connectivity index (χ1) is 25.5. The Kier molecular flexibility index (Phi) is 13.8. The van der Waals surface area contributed by atoms with Gasteiger partial charge in [0.1, 0.15) is 25.8 Å². The zero-order valence-corrected chi connectivity index (χ0v) is 32.5. The normalized spacial score (nSPS) is 19.5. The Morgan fingerprint density at radius 2 is 1.51 bits per heavy atom. The number of ether oxygens (including phenoxy) is 4. The second kappa shape index (κ2) is 18.3. The highest BCUT2D eigenvalue weighted by Gasteiger charge is 2.50. The highest BCUT2D eigenvalue weighted by Crippen LogP contribution is 2.51. The van der Waals surface area contributed by atoms with Crippen molar-refractivity contribution in [3.8, 4) is 11.8 Å². The first-order valence-electron chi connectivity index (χ1n) is 18.0. The van der Waals surface area contributed by atoms with Crippen molar-refractivity contribution in [2.75, 3.05) is 33.6 Å². The maximum atomic E-state index is 13.3. The number of H-pyrrole nitrogens is 1. The monoisotopic (exact) mass is 742 g/mol. The predicted octanol–water partition coefficient (Wildman–Crippen LogP) is 6.75. The number of aromatic amines is 1. The fourth-order valence-electron chi connectivity index (χ4n) is 7.29. The van der Waals surface area contributed by atoms with E-state index in [1.807, 2.05) is 60.7 Å². The number of rotatable bonds is 17. The van der Waals surface area contributed by atoms with Crippen molar-refractivity contribution in [3.63, 3.8) is 0 Å². The number of hydrogen-bond acceptors (Lipinski definition) is 9. The van der Waals surface area contributed by atoms with Crippen molar-refractivity contribution in [1.82, 2.24) is 14.2 Å². The van der Waals surface area contributed by atoms with Gasteiger partial charge in [-0.25, -0.2) is 4.79 Å². The number of benzene rings is 3. The van der Waals surface area contributed by atoms with E-state index in [2.05, 4.69) is 67.7 Å². The van der Waals surface area contributed by atoms with Crippen molar-refractivity contribution in [2.45, 2.75) is 77.2 Å². The third-order valence-electron chi connectivity index (χ3n) is 9.65. The molecule has 53 heavy (non-hydrogen) atoms. The molecule has 0 saturated carbocycles. The van der Waals surface area contributed by atoms with Gasteiger partial charge in [-0.05, 0) is 63.4 Å². The molecule has 1 aromatic heterocycles. The zero-order valence-electron chi connectivity index (χ0n) is 31.6. The summed E-state index contributed by atoms with van der Waals surface area (Å²) in [6, 6.07) is 30.5. The number of nitriles is 1. The molecule has 0 spiro atoms. The van der Waals surface area contributed by atoms with E-state index in [9.17, 15) is 14.9 Å². The van der Waals surface area contributed by atoms with Gasteiger partial charge < -0.3 is 23.5 Å². The highest BCUT2D eigenvalue weighted by molar-refractivity contribution is 7.50. The minimum Gasteiger partial charge on any atom is -0.497 e. The van der Waals surface area contributed by atoms with Gasteiger partial charge in [0.05, 0.1) is 38.9 Å². The van der Waals surface area contributed by atoms with E-state index >= 15 is 0 Å². The van der Waals surface area contributed by atoms with Crippen molar-refractivity contribution in [1.29, 1.82) is 5.26 Å². The fourth-order valence-corrected chi connectivity index (χ4v) is 9.85. The van der Waals surface area contributed by atoms with Crippen molar-refractivity contribution >= 4 is 8.30 Å². The third-order valence-corrected chi connectivity index (χ3v) is 12.3. The Morgan fingerprint density at radius 3 is 2.04 bits per heavy atom. The quantitative estimate of drug-likeness (QED) is 0.0710. The summed E-state index contributed by atoms with van der Waals surface area (Å²) in [4.78, 5) is 28.2. The Morgan fingerprint density at radius 1 is 0.925 bits per heavy atom. The number of aryl methyl sites for hydroxylation is 1. The van der Waals surface area contributed by atoms with Crippen molar-refractivity contribution in [3.05, 3.63) is 134 Å². The van der Waals surface area contributed by atoms with Crippen LogP contribution in [0.1, 0.15) is 62.6 Å². The third kappa shape index (κ3) is 8.81. The summed E-state index contributed by atoms with van der Waals surface area (Å²) in [6.07, 6.45) is 0.240. The van der Waals surface area contributed by atoms with Gasteiger partial charge in [-0.2, -0.15) is 5.26 Å². The Labute approximate surface area is 313 Å². The Hall–Kier alpha value is -4.14. The van der Waals surface area contributed by atoms with Crippen LogP contribution < -0.4 is 16.0 Å². The summed E-state index contributed by atoms with van der Waals surface area (Å²) in [5.41, 5.74) is 1.00. The lowest BCUT2D eigenvalue weighted by Crippen LogP contribution is -2.41. The second-order valence-electron chi connectivity index (χ2n) is 13.7. The van der Waals surface area contributed by atoms with Gasteiger partial charge in [0.25, 0.3) is 5.56 Å². The molecule has 4 aromatic rings. The maximum Gasteiger partial charge on any atom is 0.330 e. The topological polar surface area (TPSA) is 128 Å². The summed E-state index contributed by atoms with van der Waals surface area (Å²) in [7, 11) is 1.99. The van der Waals surface area contributed by atoms with Gasteiger partial charge in [0.15, 0.2) is 6.23 Å². The molecule has 1 unspecified atom stereocenters. The van der Waals surface area contributed by atoms with Crippen LogP contribution in [0.4, 0.5) is 0 Å². The SMILES string of the molecule is COc1ccc(C(OC[C@H]2O[C@@H](n3cc(C)c(=O)[nH]c3=O)[C@H](OC)[C@@H]2CP(OCCC#N)N(C(C)C)C(C)C)(c2ccccc2)c2ccccc2)cc1. The van der Waals surface area contributed by atoms with Crippen LogP contribution in [0.3, 0.4) is 0 Å². The Bertz CT molecular complexity index is 1860. The van der Waals surface area contributed by atoms with E-state index in [-0.39, 0.29) is 37.6 Å². The van der Waals surface area contributed by atoms with Gasteiger partial charge in [-0.15, -0.1) is 0 Å². The number of hydrogen-bond donors (Lipinski definition) is 1. The largest absolute Gasteiger partial charge is 0.497 e. The van der Waals surface area contributed by atoms with Crippen LogP contribution in [0.2, 0.25) is 0 Å². The van der Waals surface area contributed by atoms with E-state index in [0.717, 1.165) is 22.4 Å². The second-order valence-corrected chi connectivity index (χ2v) is 15.5. The number of aromatic nitrogens is 2. The highest BCUT2D eigenvalue weighted by atomic mass is 31.2. The van der Waals surface area contributed by atoms with Gasteiger partial charge >= 0.3 is 5.69 Å². The molecule has 0 amide bonds. The van der Waals surface area contributed by atoms with Gasteiger partial charge in [-0.1, -0.05) is 72.8 Å². The molecule has 0 radical (unpaired) electrons. The number of nitrogens with zero attached hydrogens (tertiary/aromatic N) is 3. The van der Waals surface area contributed by atoms with Crippen LogP contribution in [0, 0.1) is 24.2 Å². The number of methoxy groups -OCH3 is 2. The molecule has 1 N–H and O–H groups in total. The van der Waals surface area contributed by atoms with E-state index < -0.39 is 43.6 Å². The summed E-state index contributed by atoms with van der Waals surface area (Å²) in [5.74, 6) is 0.400. The lowest BCUT2D eigenvalue weighted by molar-refractivity contribution is -0.0926. The molecule has 3 aromatic carbocycles. The van der Waals surface area contributed by atoms with Crippen LogP contribution in [-0.2, 0) is 24.3 Å². The van der Waals surface area contributed by atoms with Crippen molar-refractivity contribution < 1.29 is 23.5 Å². The van der Waals surface area contributed by atoms with E-state index in [0.29, 0.717) is 11.7 Å². The Balaban J connectivity index is 1.64. The molecule has 1 saturated heterocycles. The fraction of sp³-hybridized carbons (Fsp3) is 0.439. The molecule has 1 aliphatic heterocycles. The first-order valence-corrected chi connectivity index (χ1v) is 19.4. The molecule has 11 nitrogen and oxygen atoms in total. The molecule has 282 valence electrons. The molecular formula is C41H51N4O7P. The standard InChI is InChI=1S/C41H51N4O7P/c1-28(2)45(29(3)4)53(51-24-14-23-42)27-35-36(52-39(37(35)49-7)44-25-30(5)38(46)43-40(44)47)26-50-41(31-15-10-8-11-16-31,32-17-12-9-13-18-32)33-19-21-34(48-6)22-20-33/h8-13,15-22,25,28-29,35-37,39H,14,24,26-27H2,1-7H3,(H,43,46,47)/t35-,36-,37-,39-,53?/m1/s1. The lowest BCUT2D eigenvalue weighted by Gasteiger charge is -2.40. The van der Waals surface area contributed by atoms with E-state index in [4.69, 9.17) is 23.5 Å². The lowest BCUT2D eigenvalue weighted by atomic mass is 9.80. The molecule has 2 heterocycles. The average molecular weight is 743 g/mol. The average Bonchev–Trinajstić information content (AvgIpc) is 3.50. The number of nitrogens with one attached hydrogen (secondary N) is 1. The van der Waals surface area contributed by atoms with Gasteiger partial charge in [0, 0.05) is 43.0 Å². The molecule has 0 aliphatic carbocycles. The van der Waals surface area contributed by atoms with Gasteiger partial charge in [-0.3, -0.25) is 19.0 Å². The van der Waals surface area contributed by atoms with Crippen LogP contribution in [0.15, 0.2) is 101 Å². The molecule has 0 bridgehead atoms. The molecule has 5 rings (SSSR count). The van der Waals surface area contributed by atoms with Crippen LogP contribution in [0.25, 0.3) is 0 Å². The minimum atomic E-state index is -1.26.